The number of hydrogen-bond donors (Lipinski definition) is 1. The summed E-state index contributed by atoms with van der Waals surface area (Å²) in [5.41, 5.74) is 0. The second kappa shape index (κ2) is 5.45. The van der Waals surface area contributed by atoms with Crippen LogP contribution in [-0.2, 0) is 6.42 Å². The summed E-state index contributed by atoms with van der Waals surface area (Å²) in [5.74, 6) is 3.27. The van der Waals surface area contributed by atoms with E-state index in [1.807, 2.05) is 0 Å². The highest BCUT2D eigenvalue weighted by Crippen LogP contribution is 2.28. The van der Waals surface area contributed by atoms with Crippen molar-refractivity contribution in [1.29, 1.82) is 0 Å². The molecule has 96 valence electrons. The van der Waals surface area contributed by atoms with Crippen LogP contribution in [0.15, 0.2) is 11.4 Å². The van der Waals surface area contributed by atoms with E-state index in [0.29, 0.717) is 0 Å². The van der Waals surface area contributed by atoms with Gasteiger partial charge in [0, 0.05) is 18.2 Å². The summed E-state index contributed by atoms with van der Waals surface area (Å²) in [5, 5.41) is 7.53. The van der Waals surface area contributed by atoms with Gasteiger partial charge in [0.15, 0.2) is 0 Å². The molecule has 1 aliphatic rings. The topological polar surface area (TPSA) is 37.8 Å². The first-order valence-electron chi connectivity index (χ1n) is 6.46. The maximum Gasteiger partial charge on any atom is 0.138 e. The van der Waals surface area contributed by atoms with E-state index in [0.717, 1.165) is 34.7 Å². The number of hydrogen-bond acceptors (Lipinski definition) is 5. The van der Waals surface area contributed by atoms with Crippen LogP contribution in [0.1, 0.15) is 25.6 Å². The van der Waals surface area contributed by atoms with Crippen LogP contribution < -0.4 is 5.32 Å². The molecule has 1 unspecified atom stereocenters. The van der Waals surface area contributed by atoms with Crippen molar-refractivity contribution in [3.05, 3.63) is 17.3 Å². The maximum absolute atomic E-state index is 4.63. The fourth-order valence-electron chi connectivity index (χ4n) is 2.21. The number of anilines is 1. The first kappa shape index (κ1) is 12.2. The summed E-state index contributed by atoms with van der Waals surface area (Å²) < 4.78 is 0. The Morgan fingerprint density at radius 2 is 2.39 bits per heavy atom. The van der Waals surface area contributed by atoms with Gasteiger partial charge >= 0.3 is 0 Å². The molecule has 0 radical (unpaired) electrons. The number of aryl methyl sites for hydroxylation is 1. The number of thiophene rings is 1. The molecule has 0 aromatic carbocycles. The Kier molecular flexibility index (Phi) is 3.70. The van der Waals surface area contributed by atoms with Crippen molar-refractivity contribution >= 4 is 39.1 Å². The van der Waals surface area contributed by atoms with Crippen molar-refractivity contribution in [2.24, 2.45) is 0 Å². The third-order valence-electron chi connectivity index (χ3n) is 3.21. The van der Waals surface area contributed by atoms with Crippen molar-refractivity contribution in [2.45, 2.75) is 31.4 Å². The standard InChI is InChI=1S/C13H17N3S2/c1-2-11-15-12(10-5-7-18-13(10)16-11)14-8-9-4-3-6-17-9/h5,7,9H,2-4,6,8H2,1H3,(H,14,15,16). The zero-order valence-electron chi connectivity index (χ0n) is 10.5. The van der Waals surface area contributed by atoms with E-state index in [1.54, 1.807) is 11.3 Å². The van der Waals surface area contributed by atoms with Crippen LogP contribution in [-0.4, -0.2) is 27.5 Å². The van der Waals surface area contributed by atoms with E-state index < -0.39 is 0 Å². The van der Waals surface area contributed by atoms with Gasteiger partial charge in [0.1, 0.15) is 16.5 Å². The van der Waals surface area contributed by atoms with Gasteiger partial charge in [-0.05, 0) is 30.0 Å². The minimum absolute atomic E-state index is 0.749. The molecule has 0 spiro atoms. The SMILES string of the molecule is CCc1nc(NCC2CCCS2)c2ccsc2n1. The second-order valence-electron chi connectivity index (χ2n) is 4.50. The van der Waals surface area contributed by atoms with E-state index in [-0.39, 0.29) is 0 Å². The van der Waals surface area contributed by atoms with Crippen molar-refractivity contribution in [1.82, 2.24) is 9.97 Å². The van der Waals surface area contributed by atoms with E-state index in [4.69, 9.17) is 0 Å². The van der Waals surface area contributed by atoms with Crippen LogP contribution in [0.25, 0.3) is 10.2 Å². The first-order valence-corrected chi connectivity index (χ1v) is 8.39. The van der Waals surface area contributed by atoms with Gasteiger partial charge in [0.25, 0.3) is 0 Å². The van der Waals surface area contributed by atoms with Gasteiger partial charge in [0.2, 0.25) is 0 Å². The highest BCUT2D eigenvalue weighted by atomic mass is 32.2. The van der Waals surface area contributed by atoms with E-state index in [1.165, 1.54) is 24.0 Å². The van der Waals surface area contributed by atoms with Crippen molar-refractivity contribution in [2.75, 3.05) is 17.6 Å². The second-order valence-corrected chi connectivity index (χ2v) is 6.80. The molecule has 2 aromatic heterocycles. The number of nitrogens with one attached hydrogen (secondary N) is 1. The predicted octanol–water partition coefficient (Wildman–Crippen LogP) is 3.56. The zero-order valence-corrected chi connectivity index (χ0v) is 12.1. The summed E-state index contributed by atoms with van der Waals surface area (Å²) in [4.78, 5) is 10.3. The Balaban J connectivity index is 1.82. The fourth-order valence-corrected chi connectivity index (χ4v) is 4.19. The van der Waals surface area contributed by atoms with Crippen molar-refractivity contribution < 1.29 is 0 Å². The zero-order chi connectivity index (χ0) is 12.4. The lowest BCUT2D eigenvalue weighted by Gasteiger charge is -2.12. The number of aromatic nitrogens is 2. The quantitative estimate of drug-likeness (QED) is 0.928. The molecule has 1 atom stereocenters. The Morgan fingerprint density at radius 3 is 3.17 bits per heavy atom. The molecule has 0 aliphatic carbocycles. The molecule has 3 heterocycles. The van der Waals surface area contributed by atoms with Gasteiger partial charge < -0.3 is 5.32 Å². The summed E-state index contributed by atoms with van der Waals surface area (Å²) in [6.07, 6.45) is 3.58. The minimum Gasteiger partial charge on any atom is -0.368 e. The highest BCUT2D eigenvalue weighted by molar-refractivity contribution is 8.00. The number of rotatable bonds is 4. The van der Waals surface area contributed by atoms with Crippen LogP contribution in [0.3, 0.4) is 0 Å². The molecule has 1 saturated heterocycles. The number of fused-ring (bicyclic) bond motifs is 1. The lowest BCUT2D eigenvalue weighted by molar-refractivity contribution is 0.802. The third kappa shape index (κ3) is 2.47. The minimum atomic E-state index is 0.749. The molecule has 1 fully saturated rings. The molecule has 0 saturated carbocycles. The summed E-state index contributed by atoms with van der Waals surface area (Å²) in [6, 6.07) is 2.11. The van der Waals surface area contributed by atoms with Crippen LogP contribution in [0.4, 0.5) is 5.82 Å². The van der Waals surface area contributed by atoms with Crippen molar-refractivity contribution in [3.8, 4) is 0 Å². The first-order chi connectivity index (χ1) is 8.86. The predicted molar refractivity (Wildman–Crippen MR) is 80.8 cm³/mol. The molecule has 1 N–H and O–H groups in total. The van der Waals surface area contributed by atoms with Crippen LogP contribution in [0.5, 0.6) is 0 Å². The van der Waals surface area contributed by atoms with Crippen LogP contribution in [0.2, 0.25) is 0 Å². The Bertz CT molecular complexity index is 532. The molecule has 3 nitrogen and oxygen atoms in total. The normalized spacial score (nSPS) is 19.5. The van der Waals surface area contributed by atoms with E-state index in [2.05, 4.69) is 45.4 Å². The lowest BCUT2D eigenvalue weighted by Crippen LogP contribution is -2.15. The average molecular weight is 279 g/mol. The molecule has 3 rings (SSSR count). The molecular weight excluding hydrogens is 262 g/mol. The van der Waals surface area contributed by atoms with Gasteiger partial charge in [-0.25, -0.2) is 9.97 Å². The van der Waals surface area contributed by atoms with Gasteiger partial charge in [-0.2, -0.15) is 11.8 Å². The summed E-state index contributed by atoms with van der Waals surface area (Å²) in [7, 11) is 0. The van der Waals surface area contributed by atoms with Gasteiger partial charge in [0.05, 0.1) is 5.39 Å². The smallest absolute Gasteiger partial charge is 0.138 e. The average Bonchev–Trinajstić information content (AvgIpc) is 3.06. The van der Waals surface area contributed by atoms with Crippen molar-refractivity contribution in [3.63, 3.8) is 0 Å². The maximum atomic E-state index is 4.63. The van der Waals surface area contributed by atoms with Gasteiger partial charge in [-0.15, -0.1) is 11.3 Å². The Morgan fingerprint density at radius 1 is 1.44 bits per heavy atom. The third-order valence-corrected chi connectivity index (χ3v) is 5.41. The van der Waals surface area contributed by atoms with E-state index in [9.17, 15) is 0 Å². The Labute approximate surface area is 115 Å². The van der Waals surface area contributed by atoms with Gasteiger partial charge in [-0.1, -0.05) is 6.92 Å². The fraction of sp³-hybridized carbons (Fsp3) is 0.538. The number of thioether (sulfide) groups is 1. The van der Waals surface area contributed by atoms with Crippen LogP contribution in [0, 0.1) is 0 Å². The molecule has 18 heavy (non-hydrogen) atoms. The number of nitrogens with zero attached hydrogens (tertiary/aromatic N) is 2. The van der Waals surface area contributed by atoms with Gasteiger partial charge in [-0.3, -0.25) is 0 Å². The van der Waals surface area contributed by atoms with E-state index >= 15 is 0 Å². The molecule has 0 bridgehead atoms. The molecule has 2 aromatic rings. The largest absolute Gasteiger partial charge is 0.368 e. The highest BCUT2D eigenvalue weighted by Gasteiger charge is 2.16. The lowest BCUT2D eigenvalue weighted by atomic mass is 10.2. The monoisotopic (exact) mass is 279 g/mol. The molecular formula is C13H17N3S2. The Hall–Kier alpha value is -0.810. The van der Waals surface area contributed by atoms with Crippen LogP contribution >= 0.6 is 23.1 Å². The summed E-state index contributed by atoms with van der Waals surface area (Å²) >= 11 is 3.77. The molecule has 5 heteroatoms. The molecule has 0 amide bonds. The summed E-state index contributed by atoms with van der Waals surface area (Å²) in [6.45, 7) is 3.13. The molecule has 1 aliphatic heterocycles.